The van der Waals surface area contributed by atoms with Crippen molar-refractivity contribution < 1.29 is 19.1 Å². The van der Waals surface area contributed by atoms with Crippen molar-refractivity contribution in [2.75, 3.05) is 20.2 Å². The van der Waals surface area contributed by atoms with Gasteiger partial charge in [-0.2, -0.15) is 5.10 Å². The van der Waals surface area contributed by atoms with E-state index in [9.17, 15) is 14.4 Å². The minimum Gasteiger partial charge on any atom is -0.468 e. The Hall–Kier alpha value is -1.92. The summed E-state index contributed by atoms with van der Waals surface area (Å²) < 4.78 is 4.54. The summed E-state index contributed by atoms with van der Waals surface area (Å²) >= 11 is 0. The second kappa shape index (κ2) is 6.73. The van der Waals surface area contributed by atoms with Crippen LogP contribution in [-0.4, -0.2) is 48.6 Å². The van der Waals surface area contributed by atoms with Gasteiger partial charge in [0.05, 0.1) is 7.11 Å². The summed E-state index contributed by atoms with van der Waals surface area (Å²) in [5.41, 5.74) is 2.53. The minimum atomic E-state index is -0.475. The molecule has 1 heterocycles. The van der Waals surface area contributed by atoms with Gasteiger partial charge in [0, 0.05) is 19.4 Å². The second-order valence-corrected chi connectivity index (χ2v) is 3.90. The number of ether oxygens (including phenoxy) is 1. The van der Waals surface area contributed by atoms with Crippen molar-refractivity contribution in [3.05, 3.63) is 0 Å². The number of amides is 2. The number of carbonyl (C=O) groups excluding carboxylic acids is 3. The van der Waals surface area contributed by atoms with E-state index in [4.69, 9.17) is 0 Å². The molecular weight excluding hydrogens is 238 g/mol. The maximum Gasteiger partial charge on any atom is 0.325 e. The van der Waals surface area contributed by atoms with Gasteiger partial charge in [-0.05, 0) is 6.42 Å². The topological polar surface area (TPSA) is 88.1 Å². The van der Waals surface area contributed by atoms with Gasteiger partial charge in [0.15, 0.2) is 0 Å². The van der Waals surface area contributed by atoms with Crippen molar-refractivity contribution >= 4 is 23.5 Å². The van der Waals surface area contributed by atoms with E-state index in [-0.39, 0.29) is 30.5 Å². The van der Waals surface area contributed by atoms with Crippen LogP contribution >= 0.6 is 0 Å². The largest absolute Gasteiger partial charge is 0.468 e. The third-order valence-electron chi connectivity index (χ3n) is 2.48. The Bertz CT molecular complexity index is 378. The molecule has 0 bridgehead atoms. The van der Waals surface area contributed by atoms with Crippen LogP contribution < -0.4 is 5.43 Å². The van der Waals surface area contributed by atoms with Crippen LogP contribution in [0.4, 0.5) is 0 Å². The van der Waals surface area contributed by atoms with Crippen LogP contribution in [0.1, 0.15) is 26.2 Å². The first-order chi connectivity index (χ1) is 8.58. The molecule has 18 heavy (non-hydrogen) atoms. The maximum atomic E-state index is 12.1. The Labute approximate surface area is 105 Å². The van der Waals surface area contributed by atoms with Gasteiger partial charge in [-0.25, -0.2) is 5.43 Å². The number of hydrazone groups is 1. The molecule has 0 aromatic carbocycles. The van der Waals surface area contributed by atoms with Crippen LogP contribution in [0.15, 0.2) is 5.10 Å². The normalized spacial score (nSPS) is 14.6. The first kappa shape index (κ1) is 14.1. The molecule has 1 aliphatic rings. The number of hydrogen-bond acceptors (Lipinski definition) is 5. The molecule has 7 heteroatoms. The molecule has 0 saturated carbocycles. The smallest absolute Gasteiger partial charge is 0.325 e. The summed E-state index contributed by atoms with van der Waals surface area (Å²) in [6, 6.07) is 0. The number of nitrogens with zero attached hydrogens (tertiary/aromatic N) is 2. The Kier molecular flexibility index (Phi) is 5.29. The molecule has 1 N–H and O–H groups in total. The molecule has 0 saturated heterocycles. The lowest BCUT2D eigenvalue weighted by Crippen LogP contribution is -2.43. The van der Waals surface area contributed by atoms with Crippen LogP contribution in [0.25, 0.3) is 0 Å². The van der Waals surface area contributed by atoms with E-state index in [1.807, 2.05) is 6.92 Å². The van der Waals surface area contributed by atoms with Crippen LogP contribution in [-0.2, 0) is 19.1 Å². The highest BCUT2D eigenvalue weighted by Crippen LogP contribution is 2.04. The van der Waals surface area contributed by atoms with Gasteiger partial charge in [-0.1, -0.05) is 6.92 Å². The zero-order valence-electron chi connectivity index (χ0n) is 10.6. The predicted molar refractivity (Wildman–Crippen MR) is 63.7 cm³/mol. The highest BCUT2D eigenvalue weighted by Gasteiger charge is 2.24. The van der Waals surface area contributed by atoms with Crippen LogP contribution in [0.2, 0.25) is 0 Å². The molecule has 1 aliphatic heterocycles. The third kappa shape index (κ3) is 3.83. The van der Waals surface area contributed by atoms with Gasteiger partial charge in [-0.15, -0.1) is 0 Å². The second-order valence-electron chi connectivity index (χ2n) is 3.90. The average Bonchev–Trinajstić information content (AvgIpc) is 2.38. The Balaban J connectivity index is 2.70. The fourth-order valence-electron chi connectivity index (χ4n) is 1.55. The van der Waals surface area contributed by atoms with Crippen LogP contribution in [0.5, 0.6) is 0 Å². The molecule has 0 unspecified atom stereocenters. The maximum absolute atomic E-state index is 12.1. The molecule has 100 valence electrons. The predicted octanol–water partition coefficient (Wildman–Crippen LogP) is -0.336. The lowest BCUT2D eigenvalue weighted by Gasteiger charge is -2.22. The number of rotatable bonds is 5. The van der Waals surface area contributed by atoms with Gasteiger partial charge >= 0.3 is 5.97 Å². The number of hydrogen-bond donors (Lipinski definition) is 1. The van der Waals surface area contributed by atoms with E-state index in [1.54, 1.807) is 0 Å². The zero-order valence-corrected chi connectivity index (χ0v) is 10.6. The molecule has 0 aliphatic carbocycles. The van der Waals surface area contributed by atoms with Crippen molar-refractivity contribution in [2.24, 2.45) is 5.10 Å². The third-order valence-corrected chi connectivity index (χ3v) is 2.48. The van der Waals surface area contributed by atoms with E-state index in [1.165, 1.54) is 12.0 Å². The fourth-order valence-corrected chi connectivity index (χ4v) is 1.55. The minimum absolute atomic E-state index is 0.101. The quantitative estimate of drug-likeness (QED) is 0.681. The van der Waals surface area contributed by atoms with Crippen LogP contribution in [0.3, 0.4) is 0 Å². The van der Waals surface area contributed by atoms with E-state index in [2.05, 4.69) is 15.3 Å². The summed E-state index contributed by atoms with van der Waals surface area (Å²) in [5, 5.41) is 3.72. The van der Waals surface area contributed by atoms with E-state index in [0.717, 1.165) is 6.42 Å². The summed E-state index contributed by atoms with van der Waals surface area (Å²) in [5.74, 6) is -1.01. The molecule has 0 spiro atoms. The van der Waals surface area contributed by atoms with Crippen molar-refractivity contribution in [2.45, 2.75) is 26.2 Å². The first-order valence-corrected chi connectivity index (χ1v) is 5.80. The summed E-state index contributed by atoms with van der Waals surface area (Å²) in [4.78, 5) is 35.6. The molecule has 0 fully saturated rings. The van der Waals surface area contributed by atoms with Gasteiger partial charge in [0.25, 0.3) is 5.91 Å². The molecular formula is C11H17N3O4. The van der Waals surface area contributed by atoms with E-state index in [0.29, 0.717) is 13.0 Å². The average molecular weight is 255 g/mol. The van der Waals surface area contributed by atoms with Crippen LogP contribution in [0, 0.1) is 0 Å². The highest BCUT2D eigenvalue weighted by atomic mass is 16.5. The summed E-state index contributed by atoms with van der Waals surface area (Å²) in [6.07, 6.45) is 1.26. The molecule has 0 aromatic rings. The fraction of sp³-hybridized carbons (Fsp3) is 0.636. The Morgan fingerprint density at radius 2 is 2.17 bits per heavy atom. The van der Waals surface area contributed by atoms with Gasteiger partial charge < -0.3 is 9.64 Å². The van der Waals surface area contributed by atoms with E-state index < -0.39 is 5.97 Å². The van der Waals surface area contributed by atoms with Crippen molar-refractivity contribution in [1.82, 2.24) is 10.3 Å². The number of nitrogens with one attached hydrogen (secondary N) is 1. The molecule has 0 atom stereocenters. The van der Waals surface area contributed by atoms with E-state index >= 15 is 0 Å². The van der Waals surface area contributed by atoms with Crippen molar-refractivity contribution in [3.63, 3.8) is 0 Å². The van der Waals surface area contributed by atoms with Crippen molar-refractivity contribution in [3.8, 4) is 0 Å². The number of esters is 1. The lowest BCUT2D eigenvalue weighted by atomic mass is 10.1. The Morgan fingerprint density at radius 1 is 1.44 bits per heavy atom. The molecule has 0 radical (unpaired) electrons. The van der Waals surface area contributed by atoms with Gasteiger partial charge in [0.2, 0.25) is 5.91 Å². The Morgan fingerprint density at radius 3 is 2.67 bits per heavy atom. The summed E-state index contributed by atoms with van der Waals surface area (Å²) in [7, 11) is 1.27. The monoisotopic (exact) mass is 255 g/mol. The lowest BCUT2D eigenvalue weighted by molar-refractivity contribution is -0.145. The number of carbonyl (C=O) groups is 3. The van der Waals surface area contributed by atoms with Gasteiger partial charge in [-0.3, -0.25) is 14.4 Å². The molecule has 7 nitrogen and oxygen atoms in total. The molecule has 1 rings (SSSR count). The standard InChI is InChI=1S/C11H17N3O4/c1-3-6-14(7-10(16)18-2)11(17)8-4-5-9(15)13-12-8/h3-7H2,1-2H3,(H,13,15). The zero-order chi connectivity index (χ0) is 13.5. The highest BCUT2D eigenvalue weighted by molar-refractivity contribution is 6.39. The van der Waals surface area contributed by atoms with Crippen molar-refractivity contribution in [1.29, 1.82) is 0 Å². The first-order valence-electron chi connectivity index (χ1n) is 5.80. The molecule has 0 aromatic heterocycles. The number of methoxy groups -OCH3 is 1. The van der Waals surface area contributed by atoms with Gasteiger partial charge in [0.1, 0.15) is 12.3 Å². The SMILES string of the molecule is CCCN(CC(=O)OC)C(=O)C1=NNC(=O)CC1. The molecule has 2 amide bonds. The summed E-state index contributed by atoms with van der Waals surface area (Å²) in [6.45, 7) is 2.25.